The van der Waals surface area contributed by atoms with Gasteiger partial charge in [0.15, 0.2) is 0 Å². The molecule has 0 amide bonds. The van der Waals surface area contributed by atoms with Gasteiger partial charge in [-0.2, -0.15) is 12.1 Å². The maximum Gasteiger partial charge on any atom is 1.00 e. The molecule has 3 heteroatoms. The Morgan fingerprint density at radius 3 is 3.09 bits per heavy atom. The van der Waals surface area contributed by atoms with E-state index in [9.17, 15) is 0 Å². The zero-order valence-electron chi connectivity index (χ0n) is 6.70. The molecule has 2 aromatic rings. The predicted molar refractivity (Wildman–Crippen MR) is 39.6 cm³/mol. The predicted octanol–water partition coefficient (Wildman–Crippen LogP) is -1.62. The summed E-state index contributed by atoms with van der Waals surface area (Å²) in [6, 6.07) is 8.75. The van der Waals surface area contributed by atoms with Gasteiger partial charge in [0.1, 0.15) is 0 Å². The van der Waals surface area contributed by atoms with E-state index in [2.05, 4.69) is 11.1 Å². The fourth-order valence-electron chi connectivity index (χ4n) is 1.03. The standard InChI is InChI=1S/C8H7N2.K/c1-10-6-9-7-4-2-3-5-8(7)10;/h3-6H,1H3;/q-1;+1. The molecule has 0 saturated heterocycles. The summed E-state index contributed by atoms with van der Waals surface area (Å²) in [6.45, 7) is 0. The van der Waals surface area contributed by atoms with Gasteiger partial charge in [-0.3, -0.25) is 0 Å². The van der Waals surface area contributed by atoms with Crippen LogP contribution in [-0.2, 0) is 7.05 Å². The van der Waals surface area contributed by atoms with Crippen molar-refractivity contribution in [3.05, 3.63) is 30.6 Å². The minimum absolute atomic E-state index is 0. The molecule has 0 N–H and O–H groups in total. The van der Waals surface area contributed by atoms with Crippen molar-refractivity contribution in [3.63, 3.8) is 0 Å². The molecule has 2 rings (SSSR count). The van der Waals surface area contributed by atoms with Gasteiger partial charge in [0.2, 0.25) is 0 Å². The molecule has 0 spiro atoms. The van der Waals surface area contributed by atoms with Crippen molar-refractivity contribution >= 4 is 11.0 Å². The zero-order chi connectivity index (χ0) is 6.97. The Kier molecular flexibility index (Phi) is 3.27. The van der Waals surface area contributed by atoms with E-state index in [1.807, 2.05) is 29.8 Å². The number of aromatic nitrogens is 2. The molecule has 0 aliphatic rings. The van der Waals surface area contributed by atoms with Gasteiger partial charge in [0.05, 0.1) is 6.33 Å². The molecule has 0 saturated carbocycles. The summed E-state index contributed by atoms with van der Waals surface area (Å²) < 4.78 is 1.99. The Hall–Kier alpha value is 0.326. The Labute approximate surface area is 108 Å². The number of imidazole rings is 1. The van der Waals surface area contributed by atoms with Gasteiger partial charge in [0.25, 0.3) is 0 Å². The van der Waals surface area contributed by atoms with Crippen molar-refractivity contribution in [1.82, 2.24) is 9.55 Å². The normalized spacial score (nSPS) is 9.55. The first-order valence-corrected chi connectivity index (χ1v) is 3.15. The number of hydrogen-bond donors (Lipinski definition) is 0. The minimum atomic E-state index is 0. The summed E-state index contributed by atoms with van der Waals surface area (Å²) in [5.41, 5.74) is 2.16. The molecule has 1 heterocycles. The van der Waals surface area contributed by atoms with Gasteiger partial charge in [-0.1, -0.05) is 0 Å². The van der Waals surface area contributed by atoms with Gasteiger partial charge >= 0.3 is 51.4 Å². The van der Waals surface area contributed by atoms with Crippen LogP contribution in [0.15, 0.2) is 24.5 Å². The van der Waals surface area contributed by atoms with Crippen molar-refractivity contribution in [2.75, 3.05) is 0 Å². The van der Waals surface area contributed by atoms with Crippen LogP contribution in [0.25, 0.3) is 11.0 Å². The molecule has 2 nitrogen and oxygen atoms in total. The monoisotopic (exact) mass is 170 g/mol. The molecular weight excluding hydrogens is 163 g/mol. The maximum absolute atomic E-state index is 4.15. The van der Waals surface area contributed by atoms with Crippen LogP contribution < -0.4 is 51.4 Å². The molecular formula is C8H7KN2. The van der Waals surface area contributed by atoms with E-state index < -0.39 is 0 Å². The number of nitrogens with zero attached hydrogens (tertiary/aromatic N) is 2. The van der Waals surface area contributed by atoms with Crippen LogP contribution in [0.1, 0.15) is 0 Å². The van der Waals surface area contributed by atoms with Gasteiger partial charge in [-0.15, -0.1) is 12.1 Å². The number of hydrogen-bond acceptors (Lipinski definition) is 1. The second-order valence-electron chi connectivity index (χ2n) is 2.27. The van der Waals surface area contributed by atoms with E-state index in [1.165, 1.54) is 0 Å². The van der Waals surface area contributed by atoms with Crippen molar-refractivity contribution < 1.29 is 51.4 Å². The summed E-state index contributed by atoms with van der Waals surface area (Å²) in [7, 11) is 1.98. The molecule has 1 aromatic heterocycles. The van der Waals surface area contributed by atoms with Crippen LogP contribution in [-0.4, -0.2) is 9.55 Å². The van der Waals surface area contributed by atoms with Crippen molar-refractivity contribution in [3.8, 4) is 0 Å². The Balaban J connectivity index is 0.000000605. The van der Waals surface area contributed by atoms with Gasteiger partial charge < -0.3 is 9.55 Å². The van der Waals surface area contributed by atoms with Crippen molar-refractivity contribution in [2.24, 2.45) is 7.05 Å². The second-order valence-corrected chi connectivity index (χ2v) is 2.27. The number of aryl methyl sites for hydroxylation is 1. The molecule has 0 bridgehead atoms. The third kappa shape index (κ3) is 1.73. The van der Waals surface area contributed by atoms with Crippen molar-refractivity contribution in [1.29, 1.82) is 0 Å². The quantitative estimate of drug-likeness (QED) is 0.343. The van der Waals surface area contributed by atoms with E-state index in [-0.39, 0.29) is 51.4 Å². The Morgan fingerprint density at radius 1 is 1.55 bits per heavy atom. The fourth-order valence-corrected chi connectivity index (χ4v) is 1.03. The van der Waals surface area contributed by atoms with E-state index in [1.54, 1.807) is 6.33 Å². The topological polar surface area (TPSA) is 17.8 Å². The molecule has 50 valence electrons. The van der Waals surface area contributed by atoms with Gasteiger partial charge in [-0.25, -0.2) is 0 Å². The Bertz CT molecular complexity index is 354. The molecule has 0 radical (unpaired) electrons. The van der Waals surface area contributed by atoms with E-state index >= 15 is 0 Å². The number of benzene rings is 1. The molecule has 0 aliphatic heterocycles. The summed E-state index contributed by atoms with van der Waals surface area (Å²) >= 11 is 0. The first-order chi connectivity index (χ1) is 4.88. The van der Waals surface area contributed by atoms with Gasteiger partial charge in [-0.05, 0) is 11.0 Å². The zero-order valence-corrected chi connectivity index (χ0v) is 9.83. The summed E-state index contributed by atoms with van der Waals surface area (Å²) in [4.78, 5) is 4.15. The number of fused-ring (bicyclic) bond motifs is 1. The first kappa shape index (κ1) is 9.41. The summed E-state index contributed by atoms with van der Waals surface area (Å²) in [5.74, 6) is 0. The van der Waals surface area contributed by atoms with Crippen LogP contribution in [0, 0.1) is 6.07 Å². The smallest absolute Gasteiger partial charge is 0.358 e. The largest absolute Gasteiger partial charge is 1.00 e. The van der Waals surface area contributed by atoms with Crippen LogP contribution in [0.3, 0.4) is 0 Å². The fraction of sp³-hybridized carbons (Fsp3) is 0.125. The average molecular weight is 170 g/mol. The third-order valence-electron chi connectivity index (χ3n) is 1.57. The van der Waals surface area contributed by atoms with Crippen LogP contribution in [0.5, 0.6) is 0 Å². The first-order valence-electron chi connectivity index (χ1n) is 3.15. The van der Waals surface area contributed by atoms with Crippen LogP contribution >= 0.6 is 0 Å². The molecule has 0 unspecified atom stereocenters. The Morgan fingerprint density at radius 2 is 2.36 bits per heavy atom. The molecule has 1 aromatic carbocycles. The molecule has 0 fully saturated rings. The SMILES string of the molecule is Cn1cnc2c[c-]ccc21.[K+]. The second kappa shape index (κ2) is 3.82. The maximum atomic E-state index is 4.15. The summed E-state index contributed by atoms with van der Waals surface area (Å²) in [6.07, 6.45) is 1.80. The van der Waals surface area contributed by atoms with Crippen molar-refractivity contribution in [2.45, 2.75) is 0 Å². The minimum Gasteiger partial charge on any atom is -0.358 e. The van der Waals surface area contributed by atoms with E-state index in [0.29, 0.717) is 0 Å². The summed E-state index contributed by atoms with van der Waals surface area (Å²) in [5, 5.41) is 0. The average Bonchev–Trinajstić information content (AvgIpc) is 2.34. The van der Waals surface area contributed by atoms with E-state index in [4.69, 9.17) is 0 Å². The van der Waals surface area contributed by atoms with Crippen LogP contribution in [0.2, 0.25) is 0 Å². The van der Waals surface area contributed by atoms with Crippen LogP contribution in [0.4, 0.5) is 0 Å². The molecule has 11 heavy (non-hydrogen) atoms. The van der Waals surface area contributed by atoms with E-state index in [0.717, 1.165) is 11.0 Å². The van der Waals surface area contributed by atoms with Gasteiger partial charge in [0, 0.05) is 7.05 Å². The third-order valence-corrected chi connectivity index (χ3v) is 1.57. The molecule has 0 aliphatic carbocycles. The molecule has 0 atom stereocenters. The number of rotatable bonds is 0.